The number of benzene rings is 1. The monoisotopic (exact) mass is 246 g/mol. The van der Waals surface area contributed by atoms with Crippen molar-refractivity contribution in [3.8, 4) is 0 Å². The van der Waals surface area contributed by atoms with E-state index in [-0.39, 0.29) is 5.92 Å². The van der Waals surface area contributed by atoms with Crippen LogP contribution in [0.15, 0.2) is 18.2 Å². The minimum absolute atomic E-state index is 0.315. The first-order valence-corrected chi connectivity index (χ1v) is 6.89. The van der Waals surface area contributed by atoms with E-state index in [2.05, 4.69) is 19.9 Å². The predicted molar refractivity (Wildman–Crippen MR) is 72.9 cm³/mol. The van der Waals surface area contributed by atoms with Gasteiger partial charge in [-0.25, -0.2) is 0 Å². The zero-order chi connectivity index (χ0) is 13.1. The highest BCUT2D eigenvalue weighted by Gasteiger charge is 2.30. The molecule has 2 nitrogen and oxygen atoms in total. The minimum atomic E-state index is -0.662. The van der Waals surface area contributed by atoms with Crippen LogP contribution < -0.4 is 0 Å². The molecular formula is C16H22O2. The summed E-state index contributed by atoms with van der Waals surface area (Å²) >= 11 is 0. The second-order valence-electron chi connectivity index (χ2n) is 5.56. The molecule has 2 heteroatoms. The van der Waals surface area contributed by atoms with Crippen LogP contribution in [0, 0.1) is 19.8 Å². The van der Waals surface area contributed by atoms with Gasteiger partial charge in [-0.2, -0.15) is 0 Å². The SMILES string of the molecule is Cc1ccc(C(C(=O)O)C2CCCCC2)cc1C. The molecule has 0 saturated heterocycles. The van der Waals surface area contributed by atoms with E-state index in [1.807, 2.05) is 12.1 Å². The number of hydrogen-bond acceptors (Lipinski definition) is 1. The van der Waals surface area contributed by atoms with E-state index in [0.29, 0.717) is 5.92 Å². The summed E-state index contributed by atoms with van der Waals surface area (Å²) in [5, 5.41) is 9.54. The van der Waals surface area contributed by atoms with Gasteiger partial charge in [0.2, 0.25) is 0 Å². The normalized spacial score (nSPS) is 18.6. The summed E-state index contributed by atoms with van der Waals surface area (Å²) in [6.07, 6.45) is 5.74. The topological polar surface area (TPSA) is 37.3 Å². The molecule has 0 aromatic heterocycles. The molecular weight excluding hydrogens is 224 g/mol. The molecule has 0 radical (unpaired) electrons. The van der Waals surface area contributed by atoms with Gasteiger partial charge in [0.15, 0.2) is 0 Å². The maximum Gasteiger partial charge on any atom is 0.311 e. The zero-order valence-electron chi connectivity index (χ0n) is 11.3. The lowest BCUT2D eigenvalue weighted by atomic mass is 9.76. The quantitative estimate of drug-likeness (QED) is 0.873. The lowest BCUT2D eigenvalue weighted by Gasteiger charge is -2.28. The Morgan fingerprint density at radius 3 is 2.39 bits per heavy atom. The van der Waals surface area contributed by atoms with Crippen LogP contribution in [0.2, 0.25) is 0 Å². The van der Waals surface area contributed by atoms with Crippen LogP contribution in [0.25, 0.3) is 0 Å². The van der Waals surface area contributed by atoms with E-state index < -0.39 is 5.97 Å². The van der Waals surface area contributed by atoms with Crippen molar-refractivity contribution in [1.82, 2.24) is 0 Å². The van der Waals surface area contributed by atoms with Gasteiger partial charge in [0.25, 0.3) is 0 Å². The van der Waals surface area contributed by atoms with Gasteiger partial charge in [-0.15, -0.1) is 0 Å². The van der Waals surface area contributed by atoms with Crippen LogP contribution in [-0.4, -0.2) is 11.1 Å². The summed E-state index contributed by atoms with van der Waals surface area (Å²) in [5.41, 5.74) is 3.40. The van der Waals surface area contributed by atoms with Crippen molar-refractivity contribution < 1.29 is 9.90 Å². The molecule has 1 aliphatic rings. The van der Waals surface area contributed by atoms with Crippen molar-refractivity contribution >= 4 is 5.97 Å². The summed E-state index contributed by atoms with van der Waals surface area (Å²) in [5.74, 6) is -0.659. The molecule has 1 N–H and O–H groups in total. The Hall–Kier alpha value is -1.31. The van der Waals surface area contributed by atoms with E-state index in [0.717, 1.165) is 18.4 Å². The Morgan fingerprint density at radius 1 is 1.17 bits per heavy atom. The highest BCUT2D eigenvalue weighted by atomic mass is 16.4. The molecule has 1 aliphatic carbocycles. The van der Waals surface area contributed by atoms with Gasteiger partial charge in [0.1, 0.15) is 0 Å². The molecule has 2 rings (SSSR count). The fraction of sp³-hybridized carbons (Fsp3) is 0.562. The van der Waals surface area contributed by atoms with E-state index >= 15 is 0 Å². The lowest BCUT2D eigenvalue weighted by molar-refractivity contribution is -0.140. The Morgan fingerprint density at radius 2 is 1.83 bits per heavy atom. The van der Waals surface area contributed by atoms with E-state index in [1.165, 1.54) is 30.4 Å². The number of carboxylic acids is 1. The van der Waals surface area contributed by atoms with Gasteiger partial charge in [0, 0.05) is 0 Å². The molecule has 1 unspecified atom stereocenters. The van der Waals surface area contributed by atoms with Crippen molar-refractivity contribution in [1.29, 1.82) is 0 Å². The Bertz CT molecular complexity index is 431. The second-order valence-corrected chi connectivity index (χ2v) is 5.56. The fourth-order valence-electron chi connectivity index (χ4n) is 3.04. The first-order chi connectivity index (χ1) is 8.59. The average molecular weight is 246 g/mol. The molecule has 0 aliphatic heterocycles. The third kappa shape index (κ3) is 2.74. The van der Waals surface area contributed by atoms with Crippen molar-refractivity contribution in [2.75, 3.05) is 0 Å². The van der Waals surface area contributed by atoms with Gasteiger partial charge in [-0.3, -0.25) is 4.79 Å². The molecule has 0 bridgehead atoms. The third-order valence-corrected chi connectivity index (χ3v) is 4.28. The standard InChI is InChI=1S/C16H22O2/c1-11-8-9-14(10-12(11)2)15(16(17)18)13-6-4-3-5-7-13/h8-10,13,15H,3-7H2,1-2H3,(H,17,18). The van der Waals surface area contributed by atoms with Gasteiger partial charge >= 0.3 is 5.97 Å². The van der Waals surface area contributed by atoms with Crippen molar-refractivity contribution in [2.45, 2.75) is 51.9 Å². The smallest absolute Gasteiger partial charge is 0.311 e. The summed E-state index contributed by atoms with van der Waals surface area (Å²) < 4.78 is 0. The molecule has 0 spiro atoms. The van der Waals surface area contributed by atoms with Gasteiger partial charge in [0.05, 0.1) is 5.92 Å². The maximum atomic E-state index is 11.6. The van der Waals surface area contributed by atoms with Gasteiger partial charge < -0.3 is 5.11 Å². The fourth-order valence-corrected chi connectivity index (χ4v) is 3.04. The number of hydrogen-bond donors (Lipinski definition) is 1. The number of aliphatic carboxylic acids is 1. The molecule has 0 heterocycles. The van der Waals surface area contributed by atoms with Crippen LogP contribution in [0.1, 0.15) is 54.7 Å². The largest absolute Gasteiger partial charge is 0.481 e. The van der Waals surface area contributed by atoms with Crippen LogP contribution >= 0.6 is 0 Å². The van der Waals surface area contributed by atoms with Crippen LogP contribution in [0.3, 0.4) is 0 Å². The first kappa shape index (κ1) is 13.1. The Balaban J connectivity index is 2.28. The van der Waals surface area contributed by atoms with Gasteiger partial charge in [-0.1, -0.05) is 37.5 Å². The van der Waals surface area contributed by atoms with Crippen molar-refractivity contribution in [2.24, 2.45) is 5.92 Å². The zero-order valence-corrected chi connectivity index (χ0v) is 11.3. The van der Waals surface area contributed by atoms with E-state index in [1.54, 1.807) is 0 Å². The summed E-state index contributed by atoms with van der Waals surface area (Å²) in [6, 6.07) is 6.10. The van der Waals surface area contributed by atoms with Crippen LogP contribution in [-0.2, 0) is 4.79 Å². The highest BCUT2D eigenvalue weighted by Crippen LogP contribution is 2.36. The molecule has 0 amide bonds. The summed E-state index contributed by atoms with van der Waals surface area (Å²) in [4.78, 5) is 11.6. The van der Waals surface area contributed by atoms with Crippen LogP contribution in [0.4, 0.5) is 0 Å². The first-order valence-electron chi connectivity index (χ1n) is 6.89. The Kier molecular flexibility index (Phi) is 4.05. The number of carbonyl (C=O) groups is 1. The number of rotatable bonds is 3. The third-order valence-electron chi connectivity index (χ3n) is 4.28. The highest BCUT2D eigenvalue weighted by molar-refractivity contribution is 5.76. The molecule has 1 aromatic rings. The maximum absolute atomic E-state index is 11.6. The molecule has 1 aromatic carbocycles. The molecule has 1 saturated carbocycles. The average Bonchev–Trinajstić information content (AvgIpc) is 2.35. The minimum Gasteiger partial charge on any atom is -0.481 e. The van der Waals surface area contributed by atoms with Crippen molar-refractivity contribution in [3.63, 3.8) is 0 Å². The Labute approximate surface area is 109 Å². The lowest BCUT2D eigenvalue weighted by Crippen LogP contribution is -2.23. The van der Waals surface area contributed by atoms with Crippen LogP contribution in [0.5, 0.6) is 0 Å². The molecule has 98 valence electrons. The summed E-state index contributed by atoms with van der Waals surface area (Å²) in [7, 11) is 0. The van der Waals surface area contributed by atoms with Gasteiger partial charge in [-0.05, 0) is 49.3 Å². The molecule has 18 heavy (non-hydrogen) atoms. The van der Waals surface area contributed by atoms with Crippen molar-refractivity contribution in [3.05, 3.63) is 34.9 Å². The van der Waals surface area contributed by atoms with E-state index in [4.69, 9.17) is 0 Å². The number of aryl methyl sites for hydroxylation is 2. The summed E-state index contributed by atoms with van der Waals surface area (Å²) in [6.45, 7) is 4.12. The molecule has 1 atom stereocenters. The number of carboxylic acid groups (broad SMARTS) is 1. The predicted octanol–water partition coefficient (Wildman–Crippen LogP) is 4.05. The molecule has 1 fully saturated rings. The second kappa shape index (κ2) is 5.55. The van der Waals surface area contributed by atoms with E-state index in [9.17, 15) is 9.90 Å².